The fourth-order valence-corrected chi connectivity index (χ4v) is 5.25. The molecule has 1 amide bonds. The lowest BCUT2D eigenvalue weighted by Crippen LogP contribution is -2.40. The van der Waals surface area contributed by atoms with E-state index in [0.717, 1.165) is 31.6 Å². The summed E-state index contributed by atoms with van der Waals surface area (Å²) in [5.74, 6) is 0.235. The number of piperidine rings is 1. The average molecular weight is 454 g/mol. The molecule has 0 unspecified atom stereocenters. The number of morpholine rings is 1. The van der Waals surface area contributed by atoms with E-state index in [9.17, 15) is 13.2 Å². The molecule has 0 bridgehead atoms. The van der Waals surface area contributed by atoms with Crippen LogP contribution >= 0.6 is 0 Å². The normalized spacial score (nSPS) is 18.4. The van der Waals surface area contributed by atoms with Crippen molar-refractivity contribution in [1.29, 1.82) is 0 Å². The number of carbonyl (C=O) groups excluding carboxylic acids is 1. The van der Waals surface area contributed by atoms with Gasteiger partial charge in [0.25, 0.3) is 0 Å². The molecular formula is C22H35N3O5S. The lowest BCUT2D eigenvalue weighted by atomic mass is 10.1. The summed E-state index contributed by atoms with van der Waals surface area (Å²) in [5, 5.41) is 2.94. The standard InChI is InChI=1S/C22H35N3O5S/c1-18(2)17-30-13-8-22(26)23-20-16-19(31(27,28)25-11-14-29-15-12-25)6-7-21(20)24-9-4-3-5-10-24/h6-7,16,18H,3-5,8-15,17H2,1-2H3,(H,23,26). The summed E-state index contributed by atoms with van der Waals surface area (Å²) in [6, 6.07) is 5.07. The number of nitrogens with one attached hydrogen (secondary N) is 1. The van der Waals surface area contributed by atoms with Crippen molar-refractivity contribution < 1.29 is 22.7 Å². The van der Waals surface area contributed by atoms with Gasteiger partial charge in [0.05, 0.1) is 42.5 Å². The summed E-state index contributed by atoms with van der Waals surface area (Å²) < 4.78 is 38.5. The number of anilines is 2. The van der Waals surface area contributed by atoms with E-state index < -0.39 is 10.0 Å². The van der Waals surface area contributed by atoms with Gasteiger partial charge >= 0.3 is 0 Å². The molecule has 0 aliphatic carbocycles. The topological polar surface area (TPSA) is 88.2 Å². The Balaban J connectivity index is 1.79. The molecule has 2 saturated heterocycles. The third-order valence-corrected chi connectivity index (χ3v) is 7.37. The zero-order valence-corrected chi connectivity index (χ0v) is 19.5. The van der Waals surface area contributed by atoms with Gasteiger partial charge in [-0.3, -0.25) is 4.79 Å². The van der Waals surface area contributed by atoms with Gasteiger partial charge in [0.15, 0.2) is 0 Å². The SMILES string of the molecule is CC(C)COCCC(=O)Nc1cc(S(=O)(=O)N2CCOCC2)ccc1N1CCCCC1. The number of sulfonamides is 1. The maximum Gasteiger partial charge on any atom is 0.243 e. The molecule has 3 rings (SSSR count). The largest absolute Gasteiger partial charge is 0.381 e. The van der Waals surface area contributed by atoms with Crippen LogP contribution in [0.1, 0.15) is 39.5 Å². The van der Waals surface area contributed by atoms with Gasteiger partial charge in [-0.2, -0.15) is 4.31 Å². The Morgan fingerprint density at radius 1 is 1.13 bits per heavy atom. The summed E-state index contributed by atoms with van der Waals surface area (Å²) in [5.41, 5.74) is 1.42. The van der Waals surface area contributed by atoms with Crippen LogP contribution in [-0.2, 0) is 24.3 Å². The second-order valence-corrected chi connectivity index (χ2v) is 10.4. The second kappa shape index (κ2) is 11.3. The van der Waals surface area contributed by atoms with Crippen molar-refractivity contribution >= 4 is 27.3 Å². The number of amides is 1. The molecule has 0 aromatic heterocycles. The molecule has 0 radical (unpaired) electrons. The van der Waals surface area contributed by atoms with Crippen molar-refractivity contribution in [1.82, 2.24) is 4.31 Å². The van der Waals surface area contributed by atoms with Gasteiger partial charge in [-0.05, 0) is 43.4 Å². The zero-order chi connectivity index (χ0) is 22.3. The number of hydrogen-bond acceptors (Lipinski definition) is 6. The number of hydrogen-bond donors (Lipinski definition) is 1. The van der Waals surface area contributed by atoms with Gasteiger partial charge in [0.1, 0.15) is 0 Å². The highest BCUT2D eigenvalue weighted by atomic mass is 32.2. The van der Waals surface area contributed by atoms with Crippen LogP contribution in [0.3, 0.4) is 0 Å². The van der Waals surface area contributed by atoms with E-state index in [0.29, 0.717) is 51.1 Å². The van der Waals surface area contributed by atoms with Gasteiger partial charge in [-0.25, -0.2) is 8.42 Å². The first-order chi connectivity index (χ1) is 14.9. The molecule has 1 aromatic carbocycles. The minimum atomic E-state index is -3.64. The van der Waals surface area contributed by atoms with Crippen molar-refractivity contribution in [3.05, 3.63) is 18.2 Å². The first-order valence-corrected chi connectivity index (χ1v) is 12.7. The van der Waals surface area contributed by atoms with Gasteiger partial charge < -0.3 is 19.7 Å². The minimum Gasteiger partial charge on any atom is -0.381 e. The predicted molar refractivity (Wildman–Crippen MR) is 121 cm³/mol. The molecule has 8 nitrogen and oxygen atoms in total. The fraction of sp³-hybridized carbons (Fsp3) is 0.682. The van der Waals surface area contributed by atoms with Crippen molar-refractivity contribution in [3.8, 4) is 0 Å². The summed E-state index contributed by atoms with van der Waals surface area (Å²) >= 11 is 0. The number of carbonyl (C=O) groups is 1. The van der Waals surface area contributed by atoms with Crippen molar-refractivity contribution in [2.45, 2.75) is 44.4 Å². The molecule has 0 saturated carbocycles. The van der Waals surface area contributed by atoms with E-state index in [1.54, 1.807) is 12.1 Å². The maximum atomic E-state index is 13.1. The summed E-state index contributed by atoms with van der Waals surface area (Å²) in [7, 11) is -3.64. The monoisotopic (exact) mass is 453 g/mol. The van der Waals surface area contributed by atoms with E-state index in [4.69, 9.17) is 9.47 Å². The minimum absolute atomic E-state index is 0.178. The average Bonchev–Trinajstić information content (AvgIpc) is 2.78. The second-order valence-electron chi connectivity index (χ2n) is 8.51. The van der Waals surface area contributed by atoms with Crippen LogP contribution < -0.4 is 10.2 Å². The highest BCUT2D eigenvalue weighted by Crippen LogP contribution is 2.32. The lowest BCUT2D eigenvalue weighted by molar-refractivity contribution is -0.117. The number of rotatable bonds is 9. The molecule has 2 aliphatic heterocycles. The molecule has 2 fully saturated rings. The van der Waals surface area contributed by atoms with Crippen LogP contribution in [0.5, 0.6) is 0 Å². The van der Waals surface area contributed by atoms with Gasteiger partial charge in [0, 0.05) is 32.8 Å². The Kier molecular flexibility index (Phi) is 8.71. The number of nitrogens with zero attached hydrogens (tertiary/aromatic N) is 2. The molecular weight excluding hydrogens is 418 g/mol. The highest BCUT2D eigenvalue weighted by molar-refractivity contribution is 7.89. The van der Waals surface area contributed by atoms with E-state index >= 15 is 0 Å². The molecule has 31 heavy (non-hydrogen) atoms. The Hall–Kier alpha value is -1.68. The Bertz CT molecular complexity index is 832. The fourth-order valence-electron chi connectivity index (χ4n) is 3.82. The first kappa shape index (κ1) is 24.0. The summed E-state index contributed by atoms with van der Waals surface area (Å²) in [6.45, 7) is 8.34. The van der Waals surface area contributed by atoms with E-state index in [1.807, 2.05) is 6.07 Å². The molecule has 1 aromatic rings. The van der Waals surface area contributed by atoms with Crippen molar-refractivity contribution in [2.24, 2.45) is 5.92 Å². The van der Waals surface area contributed by atoms with E-state index in [1.165, 1.54) is 10.7 Å². The zero-order valence-electron chi connectivity index (χ0n) is 18.6. The third kappa shape index (κ3) is 6.65. The first-order valence-electron chi connectivity index (χ1n) is 11.2. The van der Waals surface area contributed by atoms with Gasteiger partial charge in [0.2, 0.25) is 15.9 Å². The number of ether oxygens (including phenoxy) is 2. The molecule has 174 valence electrons. The van der Waals surface area contributed by atoms with Crippen LogP contribution in [0, 0.1) is 5.92 Å². The molecule has 2 heterocycles. The maximum absolute atomic E-state index is 13.1. The summed E-state index contributed by atoms with van der Waals surface area (Å²) in [6.07, 6.45) is 3.59. The van der Waals surface area contributed by atoms with E-state index in [-0.39, 0.29) is 17.2 Å². The Labute approximate surface area is 185 Å². The molecule has 0 atom stereocenters. The molecule has 1 N–H and O–H groups in total. The van der Waals surface area contributed by atoms with Crippen LogP contribution in [0.25, 0.3) is 0 Å². The molecule has 9 heteroatoms. The van der Waals surface area contributed by atoms with Crippen LogP contribution in [0.2, 0.25) is 0 Å². The van der Waals surface area contributed by atoms with Crippen molar-refractivity contribution in [3.63, 3.8) is 0 Å². The quantitative estimate of drug-likeness (QED) is 0.579. The Morgan fingerprint density at radius 3 is 2.52 bits per heavy atom. The molecule has 0 spiro atoms. The van der Waals surface area contributed by atoms with E-state index in [2.05, 4.69) is 24.1 Å². The smallest absolute Gasteiger partial charge is 0.243 e. The van der Waals surface area contributed by atoms with Crippen LogP contribution in [-0.4, -0.2) is 71.2 Å². The molecule has 2 aliphatic rings. The van der Waals surface area contributed by atoms with Crippen LogP contribution in [0.4, 0.5) is 11.4 Å². The highest BCUT2D eigenvalue weighted by Gasteiger charge is 2.28. The lowest BCUT2D eigenvalue weighted by Gasteiger charge is -2.31. The number of benzene rings is 1. The summed E-state index contributed by atoms with van der Waals surface area (Å²) in [4.78, 5) is 15.0. The van der Waals surface area contributed by atoms with Crippen molar-refractivity contribution in [2.75, 3.05) is 62.8 Å². The van der Waals surface area contributed by atoms with Gasteiger partial charge in [-0.15, -0.1) is 0 Å². The van der Waals surface area contributed by atoms with Gasteiger partial charge in [-0.1, -0.05) is 13.8 Å². The predicted octanol–water partition coefficient (Wildman–Crippen LogP) is 2.70. The third-order valence-electron chi connectivity index (χ3n) is 5.47. The van der Waals surface area contributed by atoms with Crippen LogP contribution in [0.15, 0.2) is 23.1 Å². The Morgan fingerprint density at radius 2 is 1.84 bits per heavy atom.